The molecule has 0 aliphatic heterocycles. The number of benzene rings is 1. The summed E-state index contributed by atoms with van der Waals surface area (Å²) in [4.78, 5) is 25.9. The summed E-state index contributed by atoms with van der Waals surface area (Å²) >= 11 is 6.36. The summed E-state index contributed by atoms with van der Waals surface area (Å²) in [5.41, 5.74) is 1.74. The van der Waals surface area contributed by atoms with Gasteiger partial charge in [-0.25, -0.2) is 0 Å². The number of amides is 2. The van der Waals surface area contributed by atoms with Crippen LogP contribution in [0.1, 0.15) is 56.4 Å². The van der Waals surface area contributed by atoms with E-state index in [1.54, 1.807) is 35.1 Å². The van der Waals surface area contributed by atoms with Gasteiger partial charge >= 0.3 is 0 Å². The highest BCUT2D eigenvalue weighted by molar-refractivity contribution is 7.97. The average Bonchev–Trinajstić information content (AvgIpc) is 3.59. The summed E-state index contributed by atoms with van der Waals surface area (Å²) in [5, 5.41) is 19.4. The number of aliphatic hydroxyl groups excluding tert-OH is 1. The lowest BCUT2D eigenvalue weighted by Crippen LogP contribution is -2.31. The average molecular weight is 590 g/mol. The van der Waals surface area contributed by atoms with Crippen molar-refractivity contribution in [3.05, 3.63) is 64.8 Å². The molecular formula is C29H38ClN4O5S+. The van der Waals surface area contributed by atoms with E-state index in [9.17, 15) is 18.4 Å². The van der Waals surface area contributed by atoms with Gasteiger partial charge in [-0.1, -0.05) is 65.8 Å². The molecule has 4 N–H and O–H groups in total. The maximum atomic E-state index is 13.5. The van der Waals surface area contributed by atoms with Crippen LogP contribution in [-0.2, 0) is 30.6 Å². The van der Waals surface area contributed by atoms with Crippen molar-refractivity contribution in [3.63, 3.8) is 0 Å². The van der Waals surface area contributed by atoms with E-state index in [-0.39, 0.29) is 34.3 Å². The maximum absolute atomic E-state index is 13.5. The van der Waals surface area contributed by atoms with Gasteiger partial charge in [0.2, 0.25) is 26.9 Å². The summed E-state index contributed by atoms with van der Waals surface area (Å²) in [6.45, 7) is 1.01. The molecule has 40 heavy (non-hydrogen) atoms. The summed E-state index contributed by atoms with van der Waals surface area (Å²) in [7, 11) is -3.22. The lowest BCUT2D eigenvalue weighted by atomic mass is 9.87. The van der Waals surface area contributed by atoms with Crippen LogP contribution in [0.25, 0.3) is 0 Å². The molecule has 11 heteroatoms. The molecule has 2 aromatic rings. The van der Waals surface area contributed by atoms with Crippen molar-refractivity contribution in [2.75, 3.05) is 24.7 Å². The van der Waals surface area contributed by atoms with Gasteiger partial charge < -0.3 is 15.7 Å². The van der Waals surface area contributed by atoms with Gasteiger partial charge in [-0.05, 0) is 48.4 Å². The zero-order valence-electron chi connectivity index (χ0n) is 22.7. The van der Waals surface area contributed by atoms with E-state index in [1.165, 1.54) is 6.26 Å². The summed E-state index contributed by atoms with van der Waals surface area (Å²) in [5.74, 6) is -0.0460. The van der Waals surface area contributed by atoms with E-state index in [0.717, 1.165) is 31.3 Å². The first-order chi connectivity index (χ1) is 19.1. The fraction of sp³-hybridized carbons (Fsp3) is 0.483. The van der Waals surface area contributed by atoms with Crippen LogP contribution in [-0.4, -0.2) is 50.7 Å². The molecule has 0 saturated heterocycles. The van der Waals surface area contributed by atoms with E-state index >= 15 is 0 Å². The van der Waals surface area contributed by atoms with Crippen molar-refractivity contribution in [2.45, 2.75) is 62.3 Å². The zero-order chi connectivity index (χ0) is 28.7. The summed E-state index contributed by atoms with van der Waals surface area (Å²) in [6.07, 6.45) is 15.1. The van der Waals surface area contributed by atoms with Crippen LogP contribution in [0, 0.1) is 11.8 Å². The quantitative estimate of drug-likeness (QED) is 0.208. The van der Waals surface area contributed by atoms with Crippen molar-refractivity contribution in [3.8, 4) is 0 Å². The molecule has 216 valence electrons. The van der Waals surface area contributed by atoms with E-state index in [2.05, 4.69) is 15.7 Å². The van der Waals surface area contributed by atoms with Gasteiger partial charge in [0.05, 0.1) is 23.4 Å². The standard InChI is InChI=1S/C29H37ClN4O5S/c1-40(38,39)26-12-11-23(18-25(26)30)24(17-20-5-2-3-6-20)29(37)32-27-13-15-34(33-27)19-21-7-9-22(10-8-21)28(36)31-14-4-16-35/h7-9,11-13,15,18,20,22,24,35H,2-6,10,14,16-17,19H2,1H3,(H2-,31,32,33,36,37,38,39)/p+1/t22?,24-/m1/s1. The number of hydrogen-bond acceptors (Lipinski definition) is 5. The molecule has 1 fully saturated rings. The third-order valence-corrected chi connectivity index (χ3v) is 9.11. The van der Waals surface area contributed by atoms with Gasteiger partial charge in [-0.2, -0.15) is 9.65 Å². The third-order valence-electron chi connectivity index (χ3n) is 7.51. The number of aromatic nitrogens is 2. The van der Waals surface area contributed by atoms with Crippen molar-refractivity contribution in [1.82, 2.24) is 15.1 Å². The molecule has 2 aliphatic rings. The van der Waals surface area contributed by atoms with Gasteiger partial charge in [0, 0.05) is 25.4 Å². The molecule has 2 amide bonds. The first-order valence-corrected chi connectivity index (χ1v) is 16.1. The minimum absolute atomic E-state index is 0.0488. The Balaban J connectivity index is 1.40. The number of nitrogens with zero attached hydrogens (tertiary/aromatic N) is 2. The predicted octanol–water partition coefficient (Wildman–Crippen LogP) is 4.80. The second-order valence-corrected chi connectivity index (χ2v) is 13.1. The zero-order valence-corrected chi connectivity index (χ0v) is 24.3. The van der Waals surface area contributed by atoms with Crippen LogP contribution in [0.5, 0.6) is 0 Å². The molecule has 2 unspecified atom stereocenters. The molecule has 3 atom stereocenters. The van der Waals surface area contributed by atoms with E-state index in [1.807, 2.05) is 18.2 Å². The normalized spacial score (nSPS) is 19.6. The molecule has 0 spiro atoms. The summed E-state index contributed by atoms with van der Waals surface area (Å²) < 4.78 is 23.8. The van der Waals surface area contributed by atoms with Crippen LogP contribution in [0.4, 0.5) is 5.82 Å². The first-order valence-electron chi connectivity index (χ1n) is 13.7. The van der Waals surface area contributed by atoms with Crippen molar-refractivity contribution in [1.29, 1.82) is 0 Å². The van der Waals surface area contributed by atoms with Gasteiger partial charge in [-0.15, -0.1) is 0 Å². The number of nitrogens with one attached hydrogen (secondary N) is 2. The minimum Gasteiger partial charge on any atom is -0.396 e. The Labute approximate surface area is 241 Å². The largest absolute Gasteiger partial charge is 0.396 e. The van der Waals surface area contributed by atoms with Crippen LogP contribution < -0.4 is 10.6 Å². The minimum atomic E-state index is -3.22. The fourth-order valence-corrected chi connectivity index (χ4v) is 6.69. The molecular weight excluding hydrogens is 552 g/mol. The molecule has 1 aromatic carbocycles. The lowest BCUT2D eigenvalue weighted by Gasteiger charge is -2.20. The Morgan fingerprint density at radius 2 is 2.02 bits per heavy atom. The van der Waals surface area contributed by atoms with E-state index in [4.69, 9.17) is 16.7 Å². The smallest absolute Gasteiger partial charge is 0.246 e. The van der Waals surface area contributed by atoms with Gasteiger partial charge in [0.1, 0.15) is 6.26 Å². The number of carbonyl (C=O) groups excluding carboxylic acids is 2. The van der Waals surface area contributed by atoms with Gasteiger partial charge in [-0.3, -0.25) is 14.3 Å². The predicted molar refractivity (Wildman–Crippen MR) is 157 cm³/mol. The number of allylic oxidation sites excluding steroid dienone is 3. The van der Waals surface area contributed by atoms with E-state index in [0.29, 0.717) is 49.7 Å². The van der Waals surface area contributed by atoms with E-state index < -0.39 is 16.1 Å². The molecule has 0 radical (unpaired) electrons. The first kappa shape index (κ1) is 30.2. The molecule has 1 aromatic heterocycles. The number of carbonyl (C=O) groups is 2. The molecule has 9 nitrogen and oxygen atoms in total. The molecule has 1 saturated carbocycles. The monoisotopic (exact) mass is 589 g/mol. The van der Waals surface area contributed by atoms with Crippen LogP contribution in [0.15, 0.2) is 59.2 Å². The Kier molecular flexibility index (Phi) is 10.3. The second kappa shape index (κ2) is 13.7. The lowest BCUT2D eigenvalue weighted by molar-refractivity contribution is -0.123. The Morgan fingerprint density at radius 3 is 2.67 bits per heavy atom. The van der Waals surface area contributed by atoms with Crippen molar-refractivity contribution in [2.24, 2.45) is 11.8 Å². The highest BCUT2D eigenvalue weighted by Crippen LogP contribution is 2.37. The van der Waals surface area contributed by atoms with Crippen molar-refractivity contribution >= 4 is 39.4 Å². The highest BCUT2D eigenvalue weighted by Gasteiger charge is 2.30. The van der Waals surface area contributed by atoms with Crippen molar-refractivity contribution < 1.29 is 23.5 Å². The van der Waals surface area contributed by atoms with Crippen LogP contribution in [0.2, 0.25) is 5.02 Å². The number of rotatable bonds is 12. The fourth-order valence-electron chi connectivity index (χ4n) is 5.33. The second-order valence-electron chi connectivity index (χ2n) is 10.7. The Hall–Kier alpha value is -2.79. The maximum Gasteiger partial charge on any atom is 0.246 e. The highest BCUT2D eigenvalue weighted by atomic mass is 35.5. The Morgan fingerprint density at radius 1 is 1.25 bits per heavy atom. The molecule has 0 bridgehead atoms. The Bertz CT molecular complexity index is 1310. The number of aliphatic hydroxyl groups is 1. The molecule has 1 heterocycles. The number of hydrogen-bond donors (Lipinski definition) is 4. The number of halogens is 1. The number of anilines is 1. The third kappa shape index (κ3) is 8.13. The molecule has 2 aliphatic carbocycles. The van der Waals surface area contributed by atoms with Crippen LogP contribution in [0.3, 0.4) is 0 Å². The van der Waals surface area contributed by atoms with Gasteiger partial charge in [0.25, 0.3) is 0 Å². The van der Waals surface area contributed by atoms with Crippen LogP contribution >= 0.6 is 11.6 Å². The topological polar surface area (TPSA) is 134 Å². The molecule has 4 rings (SSSR count). The SMILES string of the molecule is C[S+](=O)(O)c1ccc([C@@H](CC2CCCC2)C(=O)Nc2ccn(CC3=CCC(C(=O)NCCCO)C=C3)n2)cc1Cl. The van der Waals surface area contributed by atoms with Gasteiger partial charge in [0.15, 0.2) is 5.82 Å². The summed E-state index contributed by atoms with van der Waals surface area (Å²) in [6, 6.07) is 6.65.